The normalized spacial score (nSPS) is 45.7. The Hall–Kier alpha value is -2.31. The van der Waals surface area contributed by atoms with Gasteiger partial charge in [-0.2, -0.15) is 0 Å². The number of carboxylic acid groups (broad SMARTS) is 1. The van der Waals surface area contributed by atoms with Crippen LogP contribution in [-0.2, 0) is 47.5 Å². The maximum atomic E-state index is 12.9. The second-order valence-corrected chi connectivity index (χ2v) is 14.3. The van der Waals surface area contributed by atoms with Crippen molar-refractivity contribution in [3.63, 3.8) is 0 Å². The highest BCUT2D eigenvalue weighted by molar-refractivity contribution is 5.76. The Kier molecular flexibility index (Phi) is 15.9. The van der Waals surface area contributed by atoms with Gasteiger partial charge in [0.25, 0.3) is 5.79 Å². The van der Waals surface area contributed by atoms with E-state index in [-0.39, 0.29) is 0 Å². The van der Waals surface area contributed by atoms with E-state index in [9.17, 15) is 75.7 Å². The smallest absolute Gasteiger partial charge is 0.364 e. The van der Waals surface area contributed by atoms with E-state index in [4.69, 9.17) is 33.2 Å². The van der Waals surface area contributed by atoms with Crippen molar-refractivity contribution in [2.45, 2.75) is 162 Å². The van der Waals surface area contributed by atoms with Crippen molar-refractivity contribution >= 4 is 17.8 Å². The number of carboxylic acids is 1. The first-order chi connectivity index (χ1) is 26.2. The summed E-state index contributed by atoms with van der Waals surface area (Å²) in [4.78, 5) is 37.1. The lowest BCUT2D eigenvalue weighted by atomic mass is 9.88. The summed E-state index contributed by atoms with van der Waals surface area (Å²) in [6.07, 6.45) is -32.7. The number of aliphatic hydroxyl groups is 11. The molecule has 4 aliphatic rings. The van der Waals surface area contributed by atoms with Gasteiger partial charge in [-0.05, 0) is 13.8 Å². The van der Waals surface area contributed by atoms with Crippen LogP contribution in [0.25, 0.3) is 0 Å². The molecule has 21 atom stereocenters. The van der Waals surface area contributed by atoms with Crippen LogP contribution in [0.1, 0.15) is 34.1 Å². The SMILES string of the molecule is CC(=O)NC1C(C)OC(CO)[C@@H](O[C@@H]2OC(CO)[C@H](O)[C@H](O[C@]3(C(=O)O)C[C@@H](O)[C@@H](NC(C)=O)C([C@H](O)[C@H](O)CO)O3)C2O)[C@@H]1O[C@@H]1OC(C)[C@@H](O)[C@H](O)C1O. The molecule has 2 amide bonds. The van der Waals surface area contributed by atoms with Crippen molar-refractivity contribution in [2.75, 3.05) is 19.8 Å². The molecule has 4 fully saturated rings. The van der Waals surface area contributed by atoms with Gasteiger partial charge < -0.3 is 105 Å². The molecule has 0 aromatic rings. The second kappa shape index (κ2) is 19.2. The molecule has 0 aromatic heterocycles. The van der Waals surface area contributed by atoms with E-state index in [1.54, 1.807) is 0 Å². The molecule has 14 N–H and O–H groups in total. The maximum Gasteiger partial charge on any atom is 0.364 e. The number of carbonyl (C=O) groups is 3. The van der Waals surface area contributed by atoms with Crippen molar-refractivity contribution < 1.29 is 109 Å². The van der Waals surface area contributed by atoms with Gasteiger partial charge in [0.15, 0.2) is 12.6 Å². The summed E-state index contributed by atoms with van der Waals surface area (Å²) in [5.74, 6) is -6.45. The molecule has 0 saturated carbocycles. The van der Waals surface area contributed by atoms with Crippen LogP contribution in [-0.4, -0.2) is 227 Å². The predicted molar refractivity (Wildman–Crippen MR) is 176 cm³/mol. The van der Waals surface area contributed by atoms with Gasteiger partial charge in [-0.15, -0.1) is 0 Å². The third kappa shape index (κ3) is 9.75. The third-order valence-corrected chi connectivity index (χ3v) is 10.2. The lowest BCUT2D eigenvalue weighted by Crippen LogP contribution is -2.71. The van der Waals surface area contributed by atoms with E-state index in [1.165, 1.54) is 13.8 Å². The van der Waals surface area contributed by atoms with Crippen LogP contribution in [0.4, 0.5) is 0 Å². The molecule has 24 heteroatoms. The van der Waals surface area contributed by atoms with Gasteiger partial charge >= 0.3 is 5.97 Å². The van der Waals surface area contributed by atoms with Gasteiger partial charge in [-0.25, -0.2) is 4.79 Å². The minimum Gasteiger partial charge on any atom is -0.477 e. The molecular weight excluding hydrogens is 764 g/mol. The molecular formula is C32H54N2O22. The predicted octanol–water partition coefficient (Wildman–Crippen LogP) is -8.16. The molecule has 4 heterocycles. The van der Waals surface area contributed by atoms with E-state index < -0.39 is 172 Å². The largest absolute Gasteiger partial charge is 0.477 e. The number of ether oxygens (including phenoxy) is 7. The summed E-state index contributed by atoms with van der Waals surface area (Å²) in [6, 6.07) is -2.76. The molecule has 24 nitrogen and oxygen atoms in total. The third-order valence-electron chi connectivity index (χ3n) is 10.2. The average molecular weight is 819 g/mol. The van der Waals surface area contributed by atoms with Crippen molar-refractivity contribution in [1.82, 2.24) is 10.6 Å². The molecule has 8 unspecified atom stereocenters. The molecule has 56 heavy (non-hydrogen) atoms. The molecule has 4 saturated heterocycles. The molecule has 0 radical (unpaired) electrons. The van der Waals surface area contributed by atoms with E-state index in [2.05, 4.69) is 10.6 Å². The first-order valence-electron chi connectivity index (χ1n) is 17.9. The maximum absolute atomic E-state index is 12.9. The first kappa shape index (κ1) is 46.4. The van der Waals surface area contributed by atoms with Crippen LogP contribution in [0.15, 0.2) is 0 Å². The Morgan fingerprint density at radius 1 is 0.714 bits per heavy atom. The van der Waals surface area contributed by atoms with Crippen LogP contribution >= 0.6 is 0 Å². The van der Waals surface area contributed by atoms with Crippen molar-refractivity contribution in [1.29, 1.82) is 0 Å². The molecule has 324 valence electrons. The number of aliphatic hydroxyl groups excluding tert-OH is 11. The number of amides is 2. The minimum absolute atomic E-state index is 0.607. The van der Waals surface area contributed by atoms with Crippen LogP contribution < -0.4 is 10.6 Å². The Morgan fingerprint density at radius 3 is 1.84 bits per heavy atom. The standard InChI is InChI=1S/C32H54N2O22/c1-9-17(33-11(3)38)27(54-29-23(46)22(45)19(42)10(2)51-29)25(16(8-37)50-9)53-30-24(47)28(21(44)15(7-36)52-30)56-32(31(48)49)5-13(40)18(34-12(4)39)26(55-32)20(43)14(41)6-35/h9-10,13-30,35-37,40-47H,5-8H2,1-4H3,(H,33,38)(H,34,39)(H,48,49)/t9?,10?,13-,14-,15?,16?,17?,18-,19-,20-,21+,22+,23?,24?,25-,26?,27-,28+,29+,30+,32+/m1/s1. The Bertz CT molecular complexity index is 1330. The summed E-state index contributed by atoms with van der Waals surface area (Å²) in [7, 11) is 0. The molecule has 0 spiro atoms. The summed E-state index contributed by atoms with van der Waals surface area (Å²) < 4.78 is 40.6. The van der Waals surface area contributed by atoms with E-state index >= 15 is 0 Å². The van der Waals surface area contributed by atoms with Gasteiger partial charge in [-0.1, -0.05) is 0 Å². The Morgan fingerprint density at radius 2 is 1.29 bits per heavy atom. The van der Waals surface area contributed by atoms with Crippen LogP contribution in [0.3, 0.4) is 0 Å². The Labute approximate surface area is 319 Å². The highest BCUT2D eigenvalue weighted by atomic mass is 16.8. The van der Waals surface area contributed by atoms with Gasteiger partial charge in [0.05, 0.1) is 50.2 Å². The van der Waals surface area contributed by atoms with Crippen LogP contribution in [0.2, 0.25) is 0 Å². The van der Waals surface area contributed by atoms with E-state index in [0.717, 1.165) is 13.8 Å². The molecule has 0 bridgehead atoms. The van der Waals surface area contributed by atoms with Gasteiger partial charge in [0.1, 0.15) is 79.4 Å². The lowest BCUT2D eigenvalue weighted by Gasteiger charge is -2.51. The van der Waals surface area contributed by atoms with Gasteiger partial charge in [-0.3, -0.25) is 9.59 Å². The van der Waals surface area contributed by atoms with Crippen molar-refractivity contribution in [2.24, 2.45) is 0 Å². The summed E-state index contributed by atoms with van der Waals surface area (Å²) in [5, 5.41) is 131. The molecule has 4 rings (SSSR count). The number of carbonyl (C=O) groups excluding carboxylic acids is 2. The quantitative estimate of drug-likeness (QED) is 0.0774. The number of hydrogen-bond acceptors (Lipinski definition) is 21. The van der Waals surface area contributed by atoms with E-state index in [0.29, 0.717) is 0 Å². The molecule has 4 aliphatic heterocycles. The van der Waals surface area contributed by atoms with Crippen molar-refractivity contribution in [3.8, 4) is 0 Å². The zero-order valence-electron chi connectivity index (χ0n) is 30.8. The summed E-state index contributed by atoms with van der Waals surface area (Å²) in [6.45, 7) is 2.17. The highest BCUT2D eigenvalue weighted by Crippen LogP contribution is 2.39. The fraction of sp³-hybridized carbons (Fsp3) is 0.906. The fourth-order valence-corrected chi connectivity index (χ4v) is 7.24. The number of nitrogens with one attached hydrogen (secondary N) is 2. The molecule has 0 aliphatic carbocycles. The zero-order chi connectivity index (χ0) is 42.0. The van der Waals surface area contributed by atoms with Gasteiger partial charge in [0, 0.05) is 20.3 Å². The number of aliphatic carboxylic acids is 1. The van der Waals surface area contributed by atoms with Crippen LogP contribution in [0.5, 0.6) is 0 Å². The minimum atomic E-state index is -3.08. The van der Waals surface area contributed by atoms with Crippen molar-refractivity contribution in [3.05, 3.63) is 0 Å². The summed E-state index contributed by atoms with van der Waals surface area (Å²) in [5.41, 5.74) is 0. The number of hydrogen-bond donors (Lipinski definition) is 14. The van der Waals surface area contributed by atoms with Crippen LogP contribution in [0, 0.1) is 0 Å². The van der Waals surface area contributed by atoms with E-state index in [1.807, 2.05) is 0 Å². The van der Waals surface area contributed by atoms with Gasteiger partial charge in [0.2, 0.25) is 11.8 Å². The lowest BCUT2D eigenvalue weighted by molar-refractivity contribution is -0.385. The second-order valence-electron chi connectivity index (χ2n) is 14.3. The highest BCUT2D eigenvalue weighted by Gasteiger charge is 2.60. The number of rotatable bonds is 14. The first-order valence-corrected chi connectivity index (χ1v) is 17.9. The Balaban J connectivity index is 1.71. The fourth-order valence-electron chi connectivity index (χ4n) is 7.24. The average Bonchev–Trinajstić information content (AvgIpc) is 3.14. The monoisotopic (exact) mass is 818 g/mol. The zero-order valence-corrected chi connectivity index (χ0v) is 30.8. The molecule has 0 aromatic carbocycles. The summed E-state index contributed by atoms with van der Waals surface area (Å²) >= 11 is 0. The topological polar surface area (TPSA) is 383 Å².